The lowest BCUT2D eigenvalue weighted by atomic mass is 10.2. The monoisotopic (exact) mass is 483 g/mol. The molecule has 0 aliphatic carbocycles. The van der Waals surface area contributed by atoms with E-state index < -0.39 is 0 Å². The average molecular weight is 484 g/mol. The van der Waals surface area contributed by atoms with Crippen LogP contribution in [-0.2, 0) is 0 Å². The summed E-state index contributed by atoms with van der Waals surface area (Å²) in [6.07, 6.45) is 2.05. The molecular formula is C26H33N3O4S. The predicted molar refractivity (Wildman–Crippen MR) is 137 cm³/mol. The molecule has 2 aromatic carbocycles. The zero-order valence-electron chi connectivity index (χ0n) is 20.2. The van der Waals surface area contributed by atoms with Gasteiger partial charge in [-0.3, -0.25) is 9.69 Å². The molecule has 0 unspecified atom stereocenters. The molecule has 0 fully saturated rings. The van der Waals surface area contributed by atoms with Crippen LogP contribution in [-0.4, -0.2) is 61.8 Å². The molecule has 4 rings (SSSR count). The van der Waals surface area contributed by atoms with E-state index in [9.17, 15) is 4.79 Å². The Kier molecular flexibility index (Phi) is 8.24. The van der Waals surface area contributed by atoms with Crippen LogP contribution < -0.4 is 19.1 Å². The second kappa shape index (κ2) is 11.5. The van der Waals surface area contributed by atoms with Gasteiger partial charge in [-0.25, -0.2) is 4.98 Å². The molecule has 182 valence electrons. The average Bonchev–Trinajstić information content (AvgIpc) is 3.27. The molecule has 0 saturated heterocycles. The summed E-state index contributed by atoms with van der Waals surface area (Å²) in [5.74, 6) is 2.07. The van der Waals surface area contributed by atoms with Crippen molar-refractivity contribution in [2.45, 2.75) is 33.6 Å². The zero-order chi connectivity index (χ0) is 23.9. The van der Waals surface area contributed by atoms with Crippen LogP contribution in [0.4, 0.5) is 5.13 Å². The maximum atomic E-state index is 13.7. The summed E-state index contributed by atoms with van der Waals surface area (Å²) >= 11 is 1.50. The molecule has 1 aliphatic rings. The molecule has 1 aromatic heterocycles. The van der Waals surface area contributed by atoms with Gasteiger partial charge in [0.1, 0.15) is 19.0 Å². The number of hydrogen-bond acceptors (Lipinski definition) is 7. The summed E-state index contributed by atoms with van der Waals surface area (Å²) < 4.78 is 18.3. The fraction of sp³-hybridized carbons (Fsp3) is 0.462. The number of ether oxygens (including phenoxy) is 3. The number of carbonyl (C=O) groups excluding carboxylic acids is 1. The van der Waals surface area contributed by atoms with Gasteiger partial charge in [0.25, 0.3) is 5.91 Å². The van der Waals surface area contributed by atoms with E-state index in [1.807, 2.05) is 36.4 Å². The van der Waals surface area contributed by atoms with Crippen molar-refractivity contribution in [1.82, 2.24) is 9.88 Å². The van der Waals surface area contributed by atoms with Crippen LogP contribution in [0.25, 0.3) is 10.2 Å². The maximum Gasteiger partial charge on any atom is 0.260 e. The fourth-order valence-electron chi connectivity index (χ4n) is 3.84. The van der Waals surface area contributed by atoms with Crippen LogP contribution in [0.3, 0.4) is 0 Å². The highest BCUT2D eigenvalue weighted by Gasteiger charge is 2.24. The van der Waals surface area contributed by atoms with E-state index in [1.54, 1.807) is 4.90 Å². The van der Waals surface area contributed by atoms with E-state index in [2.05, 4.69) is 25.7 Å². The van der Waals surface area contributed by atoms with Crippen molar-refractivity contribution in [3.63, 3.8) is 0 Å². The summed E-state index contributed by atoms with van der Waals surface area (Å²) in [5.41, 5.74) is 1.40. The molecule has 8 heteroatoms. The first kappa shape index (κ1) is 24.3. The number of carbonyl (C=O) groups is 1. The highest BCUT2D eigenvalue weighted by Crippen LogP contribution is 2.39. The van der Waals surface area contributed by atoms with Gasteiger partial charge in [-0.15, -0.1) is 0 Å². The molecule has 3 aromatic rings. The number of thiazole rings is 1. The number of unbranched alkanes of at least 4 members (excludes halogenated alkanes) is 1. The topological polar surface area (TPSA) is 64.1 Å². The largest absolute Gasteiger partial charge is 0.494 e. The van der Waals surface area contributed by atoms with Gasteiger partial charge in [0.15, 0.2) is 16.6 Å². The highest BCUT2D eigenvalue weighted by atomic mass is 32.1. The predicted octanol–water partition coefficient (Wildman–Crippen LogP) is 5.24. The quantitative estimate of drug-likeness (QED) is 0.348. The number of nitrogens with zero attached hydrogens (tertiary/aromatic N) is 3. The number of aromatic nitrogens is 1. The van der Waals surface area contributed by atoms with Crippen LogP contribution in [0, 0.1) is 0 Å². The molecule has 7 nitrogen and oxygen atoms in total. The molecule has 0 N–H and O–H groups in total. The van der Waals surface area contributed by atoms with Gasteiger partial charge in [-0.1, -0.05) is 44.6 Å². The number of anilines is 1. The van der Waals surface area contributed by atoms with Gasteiger partial charge in [0, 0.05) is 30.8 Å². The molecule has 0 radical (unpaired) electrons. The van der Waals surface area contributed by atoms with E-state index in [4.69, 9.17) is 19.2 Å². The number of fused-ring (bicyclic) bond motifs is 2. The Bertz CT molecular complexity index is 1070. The Morgan fingerprint density at radius 3 is 2.56 bits per heavy atom. The Hall–Kier alpha value is -2.84. The summed E-state index contributed by atoms with van der Waals surface area (Å²) in [7, 11) is 0. The van der Waals surface area contributed by atoms with Crippen molar-refractivity contribution in [2.24, 2.45) is 0 Å². The Morgan fingerprint density at radius 1 is 1.06 bits per heavy atom. The lowest BCUT2D eigenvalue weighted by Gasteiger charge is -2.25. The third-order valence-corrected chi connectivity index (χ3v) is 6.94. The molecular weight excluding hydrogens is 450 g/mol. The third-order valence-electron chi connectivity index (χ3n) is 5.90. The fourth-order valence-corrected chi connectivity index (χ4v) is 4.84. The second-order valence-corrected chi connectivity index (χ2v) is 9.18. The smallest absolute Gasteiger partial charge is 0.260 e. The lowest BCUT2D eigenvalue weighted by molar-refractivity contribution is 0.0983. The van der Waals surface area contributed by atoms with Gasteiger partial charge >= 0.3 is 0 Å². The van der Waals surface area contributed by atoms with Gasteiger partial charge in [-0.05, 0) is 37.7 Å². The molecule has 0 atom stereocenters. The van der Waals surface area contributed by atoms with Crippen LogP contribution in [0.5, 0.6) is 17.2 Å². The SMILES string of the molecule is CCCCOc1cccc(C(=O)N(CCN(CC)CC)c2nc3cc4c(cc3s2)OCCO4)c1. The summed E-state index contributed by atoms with van der Waals surface area (Å²) in [6.45, 7) is 11.3. The normalized spacial score (nSPS) is 12.8. The second-order valence-electron chi connectivity index (χ2n) is 8.17. The van der Waals surface area contributed by atoms with Crippen molar-refractivity contribution in [3.05, 3.63) is 42.0 Å². The van der Waals surface area contributed by atoms with Gasteiger partial charge in [-0.2, -0.15) is 0 Å². The summed E-state index contributed by atoms with van der Waals surface area (Å²) in [6, 6.07) is 11.3. The molecule has 1 amide bonds. The van der Waals surface area contributed by atoms with Crippen molar-refractivity contribution >= 4 is 32.6 Å². The van der Waals surface area contributed by atoms with Gasteiger partial charge in [0.2, 0.25) is 0 Å². The number of benzene rings is 2. The molecule has 34 heavy (non-hydrogen) atoms. The summed E-state index contributed by atoms with van der Waals surface area (Å²) in [5, 5.41) is 0.673. The van der Waals surface area contributed by atoms with E-state index in [0.29, 0.717) is 48.6 Å². The minimum Gasteiger partial charge on any atom is -0.494 e. The van der Waals surface area contributed by atoms with Gasteiger partial charge < -0.3 is 19.1 Å². The molecule has 0 bridgehead atoms. The van der Waals surface area contributed by atoms with E-state index in [1.165, 1.54) is 11.3 Å². The first-order valence-electron chi connectivity index (χ1n) is 12.1. The number of hydrogen-bond donors (Lipinski definition) is 0. The minimum absolute atomic E-state index is 0.0792. The summed E-state index contributed by atoms with van der Waals surface area (Å²) in [4.78, 5) is 22.6. The Morgan fingerprint density at radius 2 is 1.82 bits per heavy atom. The molecule has 2 heterocycles. The van der Waals surface area contributed by atoms with Crippen LogP contribution in [0.2, 0.25) is 0 Å². The van der Waals surface area contributed by atoms with Crippen LogP contribution in [0.1, 0.15) is 44.0 Å². The molecule has 0 spiro atoms. The number of likely N-dealkylation sites (N-methyl/N-ethyl adjacent to an activating group) is 1. The lowest BCUT2D eigenvalue weighted by Crippen LogP contribution is -2.38. The number of amides is 1. The Balaban J connectivity index is 1.64. The highest BCUT2D eigenvalue weighted by molar-refractivity contribution is 7.22. The van der Waals surface area contributed by atoms with E-state index in [0.717, 1.165) is 48.4 Å². The zero-order valence-corrected chi connectivity index (χ0v) is 21.0. The Labute approximate surface area is 205 Å². The van der Waals surface area contributed by atoms with Crippen molar-refractivity contribution in [3.8, 4) is 17.2 Å². The maximum absolute atomic E-state index is 13.7. The standard InChI is InChI=1S/C26H33N3O4S/c1-4-7-13-31-20-10-8-9-19(16-20)25(30)29(12-11-28(5-2)6-3)26-27-21-17-22-23(18-24(21)34-26)33-15-14-32-22/h8-10,16-18H,4-7,11-15H2,1-3H3. The van der Waals surface area contributed by atoms with Crippen LogP contribution >= 0.6 is 11.3 Å². The van der Waals surface area contributed by atoms with Crippen LogP contribution in [0.15, 0.2) is 36.4 Å². The van der Waals surface area contributed by atoms with Gasteiger partial charge in [0.05, 0.1) is 16.8 Å². The minimum atomic E-state index is -0.0792. The first-order chi connectivity index (χ1) is 16.6. The third kappa shape index (κ3) is 5.62. The van der Waals surface area contributed by atoms with Crippen molar-refractivity contribution < 1.29 is 19.0 Å². The van der Waals surface area contributed by atoms with Crippen molar-refractivity contribution in [1.29, 1.82) is 0 Å². The van der Waals surface area contributed by atoms with Crippen molar-refractivity contribution in [2.75, 3.05) is 50.9 Å². The number of rotatable bonds is 11. The van der Waals surface area contributed by atoms with E-state index >= 15 is 0 Å². The molecule has 1 aliphatic heterocycles. The van der Waals surface area contributed by atoms with E-state index in [-0.39, 0.29) is 5.91 Å². The molecule has 0 saturated carbocycles. The first-order valence-corrected chi connectivity index (χ1v) is 12.9.